The molecule has 2 heterocycles. The van der Waals surface area contributed by atoms with Crippen molar-refractivity contribution >= 4 is 33.6 Å². The average molecular weight is 389 g/mol. The molecule has 0 amide bonds. The van der Waals surface area contributed by atoms with Gasteiger partial charge >= 0.3 is 5.63 Å². The molecule has 0 fully saturated rings. The summed E-state index contributed by atoms with van der Waals surface area (Å²) >= 11 is 1.21. The van der Waals surface area contributed by atoms with Gasteiger partial charge in [-0.15, -0.1) is 11.3 Å². The molecule has 7 heteroatoms. The highest BCUT2D eigenvalue weighted by molar-refractivity contribution is 7.11. The van der Waals surface area contributed by atoms with Crippen LogP contribution >= 0.6 is 11.3 Å². The number of allylic oxidation sites excluding steroid dienone is 1. The van der Waals surface area contributed by atoms with Crippen LogP contribution in [0.3, 0.4) is 0 Å². The van der Waals surface area contributed by atoms with Crippen LogP contribution in [0, 0.1) is 17.1 Å². The number of hydrogen-bond donors (Lipinski definition) is 1. The minimum atomic E-state index is -0.498. The maximum Gasteiger partial charge on any atom is 0.345 e. The normalized spacial score (nSPS) is 11.4. The van der Waals surface area contributed by atoms with Gasteiger partial charge in [-0.1, -0.05) is 30.3 Å². The summed E-state index contributed by atoms with van der Waals surface area (Å²) < 4.78 is 19.0. The third kappa shape index (κ3) is 3.41. The zero-order valence-corrected chi connectivity index (χ0v) is 15.2. The number of hydrogen-bond acceptors (Lipinski definition) is 6. The molecule has 5 nitrogen and oxygen atoms in total. The fourth-order valence-electron chi connectivity index (χ4n) is 2.63. The first kappa shape index (κ1) is 17.6. The van der Waals surface area contributed by atoms with E-state index >= 15 is 0 Å². The SMILES string of the molecule is N#C/C(=C/Nc1ccccc1F)c1nc(-c2cc3ccccc3oc2=O)cs1. The van der Waals surface area contributed by atoms with E-state index < -0.39 is 11.4 Å². The maximum absolute atomic E-state index is 13.7. The van der Waals surface area contributed by atoms with Crippen molar-refractivity contribution in [2.75, 3.05) is 5.32 Å². The van der Waals surface area contributed by atoms with Crippen molar-refractivity contribution in [3.05, 3.63) is 87.4 Å². The quantitative estimate of drug-likeness (QED) is 0.391. The van der Waals surface area contributed by atoms with E-state index in [4.69, 9.17) is 4.42 Å². The Hall–Kier alpha value is -3.76. The van der Waals surface area contributed by atoms with Crippen LogP contribution in [0.25, 0.3) is 27.8 Å². The molecule has 28 heavy (non-hydrogen) atoms. The molecule has 0 saturated carbocycles. The molecule has 0 aliphatic rings. The van der Waals surface area contributed by atoms with E-state index in [9.17, 15) is 14.4 Å². The van der Waals surface area contributed by atoms with Crippen molar-refractivity contribution < 1.29 is 8.81 Å². The number of halogens is 1. The number of aromatic nitrogens is 1. The Kier molecular flexibility index (Phi) is 4.70. The number of nitrogens with zero attached hydrogens (tertiary/aromatic N) is 2. The zero-order chi connectivity index (χ0) is 19.5. The van der Waals surface area contributed by atoms with Crippen molar-refractivity contribution in [1.82, 2.24) is 4.98 Å². The first-order valence-electron chi connectivity index (χ1n) is 8.26. The molecule has 0 unspecified atom stereocenters. The number of nitrogens with one attached hydrogen (secondary N) is 1. The Labute approximate surface area is 163 Å². The first-order valence-corrected chi connectivity index (χ1v) is 9.14. The monoisotopic (exact) mass is 389 g/mol. The van der Waals surface area contributed by atoms with Crippen LogP contribution in [0.5, 0.6) is 0 Å². The van der Waals surface area contributed by atoms with Crippen LogP contribution in [0.15, 0.2) is 75.4 Å². The number of fused-ring (bicyclic) bond motifs is 1. The minimum absolute atomic E-state index is 0.227. The van der Waals surface area contributed by atoms with Gasteiger partial charge in [0.1, 0.15) is 28.1 Å². The number of thiazole rings is 1. The second kappa shape index (κ2) is 7.47. The summed E-state index contributed by atoms with van der Waals surface area (Å²) in [5, 5.41) is 15.1. The van der Waals surface area contributed by atoms with E-state index in [-0.39, 0.29) is 11.3 Å². The second-order valence-corrected chi connectivity index (χ2v) is 6.68. The fourth-order valence-corrected chi connectivity index (χ4v) is 3.42. The molecule has 0 radical (unpaired) electrons. The summed E-state index contributed by atoms with van der Waals surface area (Å²) in [6.07, 6.45) is 1.39. The Balaban J connectivity index is 1.68. The summed E-state index contributed by atoms with van der Waals surface area (Å²) in [7, 11) is 0. The largest absolute Gasteiger partial charge is 0.422 e. The molecule has 0 atom stereocenters. The molecule has 4 aromatic rings. The molecule has 136 valence electrons. The van der Waals surface area contributed by atoms with Gasteiger partial charge in [0, 0.05) is 17.0 Å². The third-order valence-electron chi connectivity index (χ3n) is 4.02. The van der Waals surface area contributed by atoms with Crippen molar-refractivity contribution in [3.63, 3.8) is 0 Å². The van der Waals surface area contributed by atoms with E-state index in [1.165, 1.54) is 23.6 Å². The van der Waals surface area contributed by atoms with Crippen LogP contribution in [-0.4, -0.2) is 4.98 Å². The third-order valence-corrected chi connectivity index (χ3v) is 4.89. The van der Waals surface area contributed by atoms with Gasteiger partial charge in [-0.2, -0.15) is 5.26 Å². The van der Waals surface area contributed by atoms with Gasteiger partial charge in [0.15, 0.2) is 0 Å². The van der Waals surface area contributed by atoms with E-state index in [1.807, 2.05) is 18.2 Å². The summed E-state index contributed by atoms with van der Waals surface area (Å²) in [5.74, 6) is -0.426. The van der Waals surface area contributed by atoms with E-state index in [0.717, 1.165) is 5.39 Å². The minimum Gasteiger partial charge on any atom is -0.422 e. The fraction of sp³-hybridized carbons (Fsp3) is 0. The summed E-state index contributed by atoms with van der Waals surface area (Å²) in [4.78, 5) is 16.7. The van der Waals surface area contributed by atoms with Crippen LogP contribution in [0.1, 0.15) is 5.01 Å². The number of para-hydroxylation sites is 2. The Morgan fingerprint density at radius 3 is 2.82 bits per heavy atom. The lowest BCUT2D eigenvalue weighted by Gasteiger charge is -2.02. The molecule has 4 rings (SSSR count). The number of rotatable bonds is 4. The summed E-state index contributed by atoms with van der Waals surface area (Å²) in [5.41, 5.74) is 1.22. The predicted octanol–water partition coefficient (Wildman–Crippen LogP) is 5.03. The molecule has 1 N–H and O–H groups in total. The lowest BCUT2D eigenvalue weighted by atomic mass is 10.1. The highest BCUT2D eigenvalue weighted by Gasteiger charge is 2.14. The van der Waals surface area contributed by atoms with Gasteiger partial charge in [0.25, 0.3) is 0 Å². The number of benzene rings is 2. The van der Waals surface area contributed by atoms with Crippen LogP contribution in [-0.2, 0) is 0 Å². The van der Waals surface area contributed by atoms with Crippen molar-refractivity contribution in [2.24, 2.45) is 0 Å². The highest BCUT2D eigenvalue weighted by atomic mass is 32.1. The molecule has 0 saturated heterocycles. The van der Waals surface area contributed by atoms with E-state index in [0.29, 0.717) is 21.8 Å². The topological polar surface area (TPSA) is 78.9 Å². The molecule has 0 aliphatic heterocycles. The van der Waals surface area contributed by atoms with Gasteiger partial charge < -0.3 is 9.73 Å². The molecule has 0 spiro atoms. The van der Waals surface area contributed by atoms with Crippen molar-refractivity contribution in [1.29, 1.82) is 5.26 Å². The van der Waals surface area contributed by atoms with Crippen molar-refractivity contribution in [2.45, 2.75) is 0 Å². The summed E-state index contributed by atoms with van der Waals surface area (Å²) in [6, 6.07) is 17.1. The molecule has 0 aliphatic carbocycles. The van der Waals surface area contributed by atoms with Crippen LogP contribution in [0.4, 0.5) is 10.1 Å². The maximum atomic E-state index is 13.7. The molecular weight excluding hydrogens is 377 g/mol. The Bertz CT molecular complexity index is 1300. The average Bonchev–Trinajstić information content (AvgIpc) is 3.19. The number of nitriles is 1. The Morgan fingerprint density at radius 2 is 2.00 bits per heavy atom. The standard InChI is InChI=1S/C21H12FN3O2S/c22-16-6-2-3-7-17(16)24-11-14(10-23)20-25-18(12-28-20)15-9-13-5-1-4-8-19(13)27-21(15)26/h1-9,11-12,24H/b14-11-. The van der Waals surface area contributed by atoms with Crippen LogP contribution in [0.2, 0.25) is 0 Å². The number of anilines is 1. The van der Waals surface area contributed by atoms with Gasteiger partial charge in [0.2, 0.25) is 0 Å². The van der Waals surface area contributed by atoms with E-state index in [1.54, 1.807) is 41.8 Å². The highest BCUT2D eigenvalue weighted by Crippen LogP contribution is 2.26. The first-order chi connectivity index (χ1) is 13.7. The molecule has 0 bridgehead atoms. The Morgan fingerprint density at radius 1 is 1.21 bits per heavy atom. The van der Waals surface area contributed by atoms with Gasteiger partial charge in [-0.05, 0) is 24.3 Å². The van der Waals surface area contributed by atoms with Gasteiger partial charge in [-0.25, -0.2) is 14.2 Å². The lowest BCUT2D eigenvalue weighted by molar-refractivity contribution is 0.563. The second-order valence-electron chi connectivity index (χ2n) is 5.82. The lowest BCUT2D eigenvalue weighted by Crippen LogP contribution is -2.02. The van der Waals surface area contributed by atoms with E-state index in [2.05, 4.69) is 10.3 Å². The smallest absolute Gasteiger partial charge is 0.345 e. The molecular formula is C21H12FN3O2S. The predicted molar refractivity (Wildman–Crippen MR) is 107 cm³/mol. The zero-order valence-electron chi connectivity index (χ0n) is 14.3. The van der Waals surface area contributed by atoms with Crippen LogP contribution < -0.4 is 10.9 Å². The van der Waals surface area contributed by atoms with Gasteiger partial charge in [-0.3, -0.25) is 0 Å². The molecule has 2 aromatic carbocycles. The van der Waals surface area contributed by atoms with Crippen molar-refractivity contribution in [3.8, 4) is 17.3 Å². The van der Waals surface area contributed by atoms with Gasteiger partial charge in [0.05, 0.1) is 16.9 Å². The molecule has 2 aromatic heterocycles. The summed E-state index contributed by atoms with van der Waals surface area (Å²) in [6.45, 7) is 0.